The molecule has 82 valence electrons. The van der Waals surface area contributed by atoms with Gasteiger partial charge >= 0.3 is 0 Å². The summed E-state index contributed by atoms with van der Waals surface area (Å²) < 4.78 is 1.18. The number of fused-ring (bicyclic) bond motifs is 1. The lowest BCUT2D eigenvalue weighted by Gasteiger charge is -2.30. The summed E-state index contributed by atoms with van der Waals surface area (Å²) in [7, 11) is 0. The molecule has 0 bridgehead atoms. The van der Waals surface area contributed by atoms with Crippen molar-refractivity contribution in [2.24, 2.45) is 5.41 Å². The van der Waals surface area contributed by atoms with Gasteiger partial charge in [0, 0.05) is 22.6 Å². The maximum absolute atomic E-state index is 3.55. The quantitative estimate of drug-likeness (QED) is 0.838. The molecular weight excluding hydrogens is 250 g/mol. The highest BCUT2D eigenvalue weighted by Gasteiger charge is 2.34. The fourth-order valence-corrected chi connectivity index (χ4v) is 2.63. The minimum atomic E-state index is 0.374. The third-order valence-electron chi connectivity index (χ3n) is 3.74. The third kappa shape index (κ3) is 1.92. The molecule has 1 aromatic rings. The van der Waals surface area contributed by atoms with Gasteiger partial charge in [-0.2, -0.15) is 0 Å². The van der Waals surface area contributed by atoms with Crippen LogP contribution in [0.2, 0.25) is 0 Å². The van der Waals surface area contributed by atoms with E-state index >= 15 is 0 Å². The van der Waals surface area contributed by atoms with Gasteiger partial charge in [-0.25, -0.2) is 0 Å². The summed E-state index contributed by atoms with van der Waals surface area (Å²) in [6.45, 7) is 8.06. The van der Waals surface area contributed by atoms with Gasteiger partial charge < -0.3 is 5.32 Å². The fraction of sp³-hybridized carbons (Fsp3) is 0.538. The first-order chi connectivity index (χ1) is 7.04. The Morgan fingerprint density at radius 1 is 1.47 bits per heavy atom. The molecule has 0 amide bonds. The van der Waals surface area contributed by atoms with Crippen molar-refractivity contribution in [3.8, 4) is 0 Å². The lowest BCUT2D eigenvalue weighted by atomic mass is 9.74. The average Bonchev–Trinajstić information content (AvgIpc) is 2.61. The zero-order chi connectivity index (χ0) is 11.1. The fourth-order valence-electron chi connectivity index (χ4n) is 2.25. The Morgan fingerprint density at radius 2 is 2.20 bits per heavy atom. The maximum atomic E-state index is 3.55. The van der Waals surface area contributed by atoms with E-state index in [1.165, 1.54) is 22.1 Å². The van der Waals surface area contributed by atoms with Gasteiger partial charge in [0.25, 0.3) is 0 Å². The molecule has 1 heterocycles. The van der Waals surface area contributed by atoms with Gasteiger partial charge in [-0.05, 0) is 29.2 Å². The van der Waals surface area contributed by atoms with Crippen molar-refractivity contribution in [3.63, 3.8) is 0 Å². The zero-order valence-electron chi connectivity index (χ0n) is 9.60. The monoisotopic (exact) mass is 267 g/mol. The second-order valence-electron chi connectivity index (χ2n) is 5.01. The Balaban J connectivity index is 2.39. The minimum absolute atomic E-state index is 0.374. The van der Waals surface area contributed by atoms with Gasteiger partial charge in [0.2, 0.25) is 0 Å². The van der Waals surface area contributed by atoms with E-state index in [1.807, 2.05) is 0 Å². The molecule has 0 saturated carbocycles. The van der Waals surface area contributed by atoms with Crippen molar-refractivity contribution in [3.05, 3.63) is 28.2 Å². The minimum Gasteiger partial charge on any atom is -0.384 e. The van der Waals surface area contributed by atoms with Gasteiger partial charge in [0.05, 0.1) is 0 Å². The number of hydrogen-bond acceptors (Lipinski definition) is 1. The standard InChI is InChI=1S/C13H18BrN/c1-4-13(2,3)11-8-15-12-6-5-9(14)7-10(11)12/h5-7,11,15H,4,8H2,1-3H3. The summed E-state index contributed by atoms with van der Waals surface area (Å²) in [4.78, 5) is 0. The van der Waals surface area contributed by atoms with E-state index in [1.54, 1.807) is 0 Å². The Hall–Kier alpha value is -0.500. The van der Waals surface area contributed by atoms with E-state index < -0.39 is 0 Å². The summed E-state index contributed by atoms with van der Waals surface area (Å²) in [5, 5.41) is 3.50. The van der Waals surface area contributed by atoms with Crippen molar-refractivity contribution in [2.75, 3.05) is 11.9 Å². The highest BCUT2D eigenvalue weighted by Crippen LogP contribution is 2.45. The molecule has 1 unspecified atom stereocenters. The first kappa shape index (κ1) is 11.0. The van der Waals surface area contributed by atoms with Crippen LogP contribution in [0.15, 0.2) is 22.7 Å². The summed E-state index contributed by atoms with van der Waals surface area (Å²) in [5.74, 6) is 0.634. The van der Waals surface area contributed by atoms with Crippen LogP contribution in [0.1, 0.15) is 38.7 Å². The predicted octanol–water partition coefficient (Wildman–Crippen LogP) is 4.39. The van der Waals surface area contributed by atoms with Crippen LogP contribution < -0.4 is 5.32 Å². The van der Waals surface area contributed by atoms with Gasteiger partial charge in [0.15, 0.2) is 0 Å². The van der Waals surface area contributed by atoms with E-state index in [0.717, 1.165) is 6.54 Å². The van der Waals surface area contributed by atoms with Crippen molar-refractivity contribution in [2.45, 2.75) is 33.1 Å². The van der Waals surface area contributed by atoms with Gasteiger partial charge in [0.1, 0.15) is 0 Å². The molecule has 0 aliphatic carbocycles. The second-order valence-corrected chi connectivity index (χ2v) is 5.92. The molecule has 1 aliphatic heterocycles. The van der Waals surface area contributed by atoms with E-state index in [-0.39, 0.29) is 0 Å². The number of anilines is 1. The largest absolute Gasteiger partial charge is 0.384 e. The Bertz CT molecular complexity index is 371. The molecule has 1 aromatic carbocycles. The SMILES string of the molecule is CCC(C)(C)C1CNc2ccc(Br)cc21. The highest BCUT2D eigenvalue weighted by molar-refractivity contribution is 9.10. The van der Waals surface area contributed by atoms with Crippen LogP contribution in [0.25, 0.3) is 0 Å². The Kier molecular flexibility index (Phi) is 2.80. The summed E-state index contributed by atoms with van der Waals surface area (Å²) >= 11 is 3.55. The molecule has 0 fully saturated rings. The smallest absolute Gasteiger partial charge is 0.0377 e. The second kappa shape index (κ2) is 3.82. The van der Waals surface area contributed by atoms with Gasteiger partial charge in [-0.1, -0.05) is 43.1 Å². The molecule has 15 heavy (non-hydrogen) atoms. The molecule has 1 aliphatic rings. The number of hydrogen-bond donors (Lipinski definition) is 1. The molecule has 0 radical (unpaired) electrons. The van der Waals surface area contributed by atoms with E-state index in [4.69, 9.17) is 0 Å². The van der Waals surface area contributed by atoms with E-state index in [2.05, 4.69) is 60.2 Å². The van der Waals surface area contributed by atoms with Gasteiger partial charge in [-0.3, -0.25) is 0 Å². The van der Waals surface area contributed by atoms with Crippen molar-refractivity contribution < 1.29 is 0 Å². The molecule has 2 heteroatoms. The maximum Gasteiger partial charge on any atom is 0.0377 e. The number of rotatable bonds is 2. The average molecular weight is 268 g/mol. The summed E-state index contributed by atoms with van der Waals surface area (Å²) in [6.07, 6.45) is 1.21. The zero-order valence-corrected chi connectivity index (χ0v) is 11.2. The highest BCUT2D eigenvalue weighted by atomic mass is 79.9. The first-order valence-electron chi connectivity index (χ1n) is 5.58. The van der Waals surface area contributed by atoms with E-state index in [0.29, 0.717) is 11.3 Å². The van der Waals surface area contributed by atoms with Crippen LogP contribution in [0, 0.1) is 5.41 Å². The van der Waals surface area contributed by atoms with Crippen molar-refractivity contribution in [1.29, 1.82) is 0 Å². The molecule has 2 rings (SSSR count). The molecule has 1 nitrogen and oxygen atoms in total. The molecule has 1 atom stereocenters. The third-order valence-corrected chi connectivity index (χ3v) is 4.23. The van der Waals surface area contributed by atoms with Crippen LogP contribution >= 0.6 is 15.9 Å². The van der Waals surface area contributed by atoms with Crippen LogP contribution in [0.5, 0.6) is 0 Å². The Morgan fingerprint density at radius 3 is 2.87 bits per heavy atom. The lowest BCUT2D eigenvalue weighted by Crippen LogP contribution is -2.22. The Labute approximate surface area is 100 Å². The molecule has 0 spiro atoms. The molecule has 1 N–H and O–H groups in total. The lowest BCUT2D eigenvalue weighted by molar-refractivity contribution is 0.289. The topological polar surface area (TPSA) is 12.0 Å². The number of nitrogens with one attached hydrogen (secondary N) is 1. The first-order valence-corrected chi connectivity index (χ1v) is 6.37. The van der Waals surface area contributed by atoms with Crippen LogP contribution in [-0.2, 0) is 0 Å². The molecule has 0 saturated heterocycles. The normalized spacial score (nSPS) is 19.9. The van der Waals surface area contributed by atoms with Crippen molar-refractivity contribution in [1.82, 2.24) is 0 Å². The van der Waals surface area contributed by atoms with E-state index in [9.17, 15) is 0 Å². The van der Waals surface area contributed by atoms with Gasteiger partial charge in [-0.15, -0.1) is 0 Å². The van der Waals surface area contributed by atoms with Crippen LogP contribution in [-0.4, -0.2) is 6.54 Å². The summed E-state index contributed by atoms with van der Waals surface area (Å²) in [5.41, 5.74) is 3.15. The summed E-state index contributed by atoms with van der Waals surface area (Å²) in [6, 6.07) is 6.54. The molecule has 0 aromatic heterocycles. The van der Waals surface area contributed by atoms with Crippen LogP contribution in [0.4, 0.5) is 5.69 Å². The van der Waals surface area contributed by atoms with Crippen molar-refractivity contribution >= 4 is 21.6 Å². The number of benzene rings is 1. The number of halogens is 1. The molecular formula is C13H18BrN. The predicted molar refractivity (Wildman–Crippen MR) is 69.4 cm³/mol. The van der Waals surface area contributed by atoms with Crippen LogP contribution in [0.3, 0.4) is 0 Å².